The molecular weight excluding hydrogens is 390 g/mol. The van der Waals surface area contributed by atoms with Gasteiger partial charge in [0.2, 0.25) is 18.6 Å². The molecule has 0 radical (unpaired) electrons. The van der Waals surface area contributed by atoms with Crippen LogP contribution in [0.3, 0.4) is 0 Å². The first-order chi connectivity index (χ1) is 14.1. The van der Waals surface area contributed by atoms with Gasteiger partial charge in [-0.2, -0.15) is 0 Å². The summed E-state index contributed by atoms with van der Waals surface area (Å²) in [4.78, 5) is 14.4. The maximum Gasteiger partial charge on any atom is 0.277 e. The molecule has 0 atom stereocenters. The number of hydrogen-bond donors (Lipinski definition) is 0. The first-order valence-electron chi connectivity index (χ1n) is 9.32. The van der Waals surface area contributed by atoms with Crippen molar-refractivity contribution in [3.8, 4) is 23.0 Å². The van der Waals surface area contributed by atoms with Crippen molar-refractivity contribution < 1.29 is 18.7 Å². The largest absolute Gasteiger partial charge is 0.454 e. The molecule has 2 aromatic carbocycles. The van der Waals surface area contributed by atoms with E-state index in [1.807, 2.05) is 56.3 Å². The van der Waals surface area contributed by atoms with E-state index in [0.717, 1.165) is 28.2 Å². The van der Waals surface area contributed by atoms with E-state index in [1.54, 1.807) is 4.90 Å². The molecule has 0 fully saturated rings. The molecule has 8 heteroatoms. The molecule has 0 saturated carbocycles. The second-order valence-corrected chi connectivity index (χ2v) is 7.55. The van der Waals surface area contributed by atoms with Crippen molar-refractivity contribution in [2.45, 2.75) is 25.6 Å². The zero-order chi connectivity index (χ0) is 20.2. The highest BCUT2D eigenvalue weighted by atomic mass is 32.2. The number of hydrogen-bond acceptors (Lipinski definition) is 7. The molecule has 0 spiro atoms. The number of thioether (sulfide) groups is 1. The molecule has 3 aromatic rings. The number of aromatic nitrogens is 2. The zero-order valence-corrected chi connectivity index (χ0v) is 17.1. The van der Waals surface area contributed by atoms with Crippen LogP contribution in [-0.2, 0) is 11.3 Å². The number of benzene rings is 2. The maximum absolute atomic E-state index is 12.7. The molecule has 0 unspecified atom stereocenters. The first kappa shape index (κ1) is 19.3. The summed E-state index contributed by atoms with van der Waals surface area (Å²) in [6, 6.07) is 13.6. The Morgan fingerprint density at radius 1 is 1.10 bits per heavy atom. The quantitative estimate of drug-likeness (QED) is 0.545. The Labute approximate surface area is 173 Å². The van der Waals surface area contributed by atoms with Gasteiger partial charge in [-0.3, -0.25) is 4.79 Å². The molecule has 0 aliphatic carbocycles. The van der Waals surface area contributed by atoms with E-state index < -0.39 is 0 Å². The standard InChI is InChI=1S/C21H21N3O4S/c1-3-24(11-15-6-9-17-18(10-15)27-13-26-17)19(25)12-29-21-23-22-20(28-21)16-7-4-14(2)5-8-16/h4-10H,3,11-13H2,1-2H3. The van der Waals surface area contributed by atoms with Gasteiger partial charge in [0.1, 0.15) is 0 Å². The molecule has 0 saturated heterocycles. The van der Waals surface area contributed by atoms with E-state index >= 15 is 0 Å². The molecule has 7 nitrogen and oxygen atoms in total. The fraction of sp³-hybridized carbons (Fsp3) is 0.286. The molecule has 150 valence electrons. The Balaban J connectivity index is 1.35. The summed E-state index contributed by atoms with van der Waals surface area (Å²) in [6.45, 7) is 5.32. The van der Waals surface area contributed by atoms with E-state index in [0.29, 0.717) is 24.2 Å². The Kier molecular flexibility index (Phi) is 5.71. The minimum Gasteiger partial charge on any atom is -0.454 e. The number of aryl methyl sites for hydroxylation is 1. The lowest BCUT2D eigenvalue weighted by molar-refractivity contribution is -0.128. The SMILES string of the molecule is CCN(Cc1ccc2c(c1)OCO2)C(=O)CSc1nnc(-c2ccc(C)cc2)o1. The van der Waals surface area contributed by atoms with Crippen molar-refractivity contribution in [1.29, 1.82) is 0 Å². The fourth-order valence-electron chi connectivity index (χ4n) is 2.93. The number of amides is 1. The molecular formula is C21H21N3O4S. The van der Waals surface area contributed by atoms with Gasteiger partial charge < -0.3 is 18.8 Å². The van der Waals surface area contributed by atoms with Crippen molar-refractivity contribution in [2.24, 2.45) is 0 Å². The third-order valence-corrected chi connectivity index (χ3v) is 5.37. The van der Waals surface area contributed by atoms with Gasteiger partial charge in [0, 0.05) is 18.7 Å². The van der Waals surface area contributed by atoms with E-state index in [2.05, 4.69) is 10.2 Å². The van der Waals surface area contributed by atoms with Crippen molar-refractivity contribution in [3.63, 3.8) is 0 Å². The molecule has 1 aromatic heterocycles. The van der Waals surface area contributed by atoms with Gasteiger partial charge in [0.25, 0.3) is 5.22 Å². The number of rotatable bonds is 7. The van der Waals surface area contributed by atoms with Crippen LogP contribution in [0.15, 0.2) is 52.1 Å². The lowest BCUT2D eigenvalue weighted by atomic mass is 10.1. The molecule has 1 amide bonds. The first-order valence-corrected chi connectivity index (χ1v) is 10.3. The Hall–Kier alpha value is -3.00. The molecule has 2 heterocycles. The number of nitrogens with zero attached hydrogens (tertiary/aromatic N) is 3. The second kappa shape index (κ2) is 8.57. The van der Waals surface area contributed by atoms with Crippen LogP contribution in [0.2, 0.25) is 0 Å². The Bertz CT molecular complexity index is 1000. The highest BCUT2D eigenvalue weighted by Gasteiger charge is 2.18. The maximum atomic E-state index is 12.7. The van der Waals surface area contributed by atoms with Gasteiger partial charge in [-0.05, 0) is 43.7 Å². The minimum atomic E-state index is 0.00486. The summed E-state index contributed by atoms with van der Waals surface area (Å²) in [5.41, 5.74) is 3.02. The topological polar surface area (TPSA) is 77.7 Å². The van der Waals surface area contributed by atoms with E-state index in [-0.39, 0.29) is 18.5 Å². The van der Waals surface area contributed by atoms with Crippen molar-refractivity contribution in [3.05, 3.63) is 53.6 Å². The van der Waals surface area contributed by atoms with Crippen LogP contribution in [-0.4, -0.2) is 40.1 Å². The van der Waals surface area contributed by atoms with Gasteiger partial charge in [0.05, 0.1) is 5.75 Å². The minimum absolute atomic E-state index is 0.00486. The number of ether oxygens (including phenoxy) is 2. The lowest BCUT2D eigenvalue weighted by Gasteiger charge is -2.20. The summed E-state index contributed by atoms with van der Waals surface area (Å²) < 4.78 is 16.4. The van der Waals surface area contributed by atoms with Crippen LogP contribution in [0.1, 0.15) is 18.1 Å². The van der Waals surface area contributed by atoms with E-state index in [1.165, 1.54) is 11.8 Å². The number of carbonyl (C=O) groups excluding carboxylic acids is 1. The molecule has 4 rings (SSSR count). The average molecular weight is 411 g/mol. The third kappa shape index (κ3) is 4.54. The summed E-state index contributed by atoms with van der Waals surface area (Å²) in [5, 5.41) is 8.49. The van der Waals surface area contributed by atoms with Crippen LogP contribution in [0.4, 0.5) is 0 Å². The summed E-state index contributed by atoms with van der Waals surface area (Å²) in [5.74, 6) is 2.14. The van der Waals surface area contributed by atoms with Gasteiger partial charge in [0.15, 0.2) is 11.5 Å². The summed E-state index contributed by atoms with van der Waals surface area (Å²) in [6.07, 6.45) is 0. The second-order valence-electron chi connectivity index (χ2n) is 6.62. The average Bonchev–Trinajstić information content (AvgIpc) is 3.40. The molecule has 1 aliphatic rings. The van der Waals surface area contributed by atoms with Gasteiger partial charge in [-0.1, -0.05) is 35.5 Å². The number of fused-ring (bicyclic) bond motifs is 1. The van der Waals surface area contributed by atoms with Gasteiger partial charge in [-0.15, -0.1) is 10.2 Å². The van der Waals surface area contributed by atoms with Gasteiger partial charge >= 0.3 is 0 Å². The molecule has 0 bridgehead atoms. The van der Waals surface area contributed by atoms with Crippen LogP contribution in [0.5, 0.6) is 11.5 Å². The van der Waals surface area contributed by atoms with Crippen molar-refractivity contribution in [2.75, 3.05) is 19.1 Å². The Morgan fingerprint density at radius 2 is 1.90 bits per heavy atom. The van der Waals surface area contributed by atoms with E-state index in [4.69, 9.17) is 13.9 Å². The molecule has 1 aliphatic heterocycles. The van der Waals surface area contributed by atoms with Crippen molar-refractivity contribution >= 4 is 17.7 Å². The summed E-state index contributed by atoms with van der Waals surface area (Å²) in [7, 11) is 0. The Morgan fingerprint density at radius 3 is 2.69 bits per heavy atom. The molecule has 0 N–H and O–H groups in total. The number of carbonyl (C=O) groups is 1. The smallest absolute Gasteiger partial charge is 0.277 e. The summed E-state index contributed by atoms with van der Waals surface area (Å²) >= 11 is 1.25. The lowest BCUT2D eigenvalue weighted by Crippen LogP contribution is -2.31. The molecule has 29 heavy (non-hydrogen) atoms. The van der Waals surface area contributed by atoms with Crippen LogP contribution < -0.4 is 9.47 Å². The van der Waals surface area contributed by atoms with Crippen LogP contribution >= 0.6 is 11.8 Å². The van der Waals surface area contributed by atoms with Gasteiger partial charge in [-0.25, -0.2) is 0 Å². The predicted octanol–water partition coefficient (Wildman–Crippen LogP) is 3.91. The highest BCUT2D eigenvalue weighted by molar-refractivity contribution is 7.99. The van der Waals surface area contributed by atoms with E-state index in [9.17, 15) is 4.79 Å². The zero-order valence-electron chi connectivity index (χ0n) is 16.3. The monoisotopic (exact) mass is 411 g/mol. The van der Waals surface area contributed by atoms with Crippen LogP contribution in [0.25, 0.3) is 11.5 Å². The fourth-order valence-corrected chi connectivity index (χ4v) is 3.60. The van der Waals surface area contributed by atoms with Crippen LogP contribution in [0, 0.1) is 6.92 Å². The third-order valence-electron chi connectivity index (χ3n) is 4.57. The predicted molar refractivity (Wildman–Crippen MR) is 109 cm³/mol. The van der Waals surface area contributed by atoms with Crippen molar-refractivity contribution in [1.82, 2.24) is 15.1 Å². The highest BCUT2D eigenvalue weighted by Crippen LogP contribution is 2.33. The normalized spacial score (nSPS) is 12.2.